The molecule has 4 N–H and O–H groups in total. The van der Waals surface area contributed by atoms with Gasteiger partial charge in [-0.25, -0.2) is 9.37 Å². The van der Waals surface area contributed by atoms with E-state index in [-0.39, 0.29) is 85.1 Å². The van der Waals surface area contributed by atoms with E-state index >= 15 is 4.39 Å². The number of halogens is 2. The van der Waals surface area contributed by atoms with Gasteiger partial charge in [-0.3, -0.25) is 19.2 Å². The number of benzene rings is 4. The van der Waals surface area contributed by atoms with Gasteiger partial charge >= 0.3 is 6.01 Å². The van der Waals surface area contributed by atoms with Crippen molar-refractivity contribution in [3.05, 3.63) is 107 Å². The zero-order valence-electron chi connectivity index (χ0n) is 49.3. The molecule has 0 radical (unpaired) electrons. The van der Waals surface area contributed by atoms with E-state index in [0.717, 1.165) is 21.7 Å². The summed E-state index contributed by atoms with van der Waals surface area (Å²) < 4.78 is 46.0. The third-order valence-corrected chi connectivity index (χ3v) is 16.2. The Balaban J connectivity index is 0.726. The largest absolute Gasteiger partial charge is 0.508 e. The number of anilines is 1. The first kappa shape index (κ1) is 64.1. The first-order valence-electron chi connectivity index (χ1n) is 28.5. The van der Waals surface area contributed by atoms with Crippen molar-refractivity contribution in [2.24, 2.45) is 5.41 Å². The van der Waals surface area contributed by atoms with Crippen LogP contribution in [0.1, 0.15) is 58.3 Å². The second-order valence-electron chi connectivity index (χ2n) is 22.5. The summed E-state index contributed by atoms with van der Waals surface area (Å²) in [6, 6.07) is 17.7. The van der Waals surface area contributed by atoms with Crippen LogP contribution in [0.2, 0.25) is 5.02 Å². The number of thiazole rings is 1. The molecule has 2 aromatic heterocycles. The maximum Gasteiger partial charge on any atom is 0.319 e. The van der Waals surface area contributed by atoms with Gasteiger partial charge in [0, 0.05) is 63.2 Å². The third kappa shape index (κ3) is 16.6. The van der Waals surface area contributed by atoms with Crippen molar-refractivity contribution in [2.45, 2.75) is 78.3 Å². The summed E-state index contributed by atoms with van der Waals surface area (Å²) in [5.41, 5.74) is 4.45. The van der Waals surface area contributed by atoms with E-state index in [9.17, 15) is 29.4 Å². The van der Waals surface area contributed by atoms with Gasteiger partial charge in [-0.15, -0.1) is 11.3 Å². The molecule has 4 heterocycles. The van der Waals surface area contributed by atoms with E-state index < -0.39 is 47.3 Å². The summed E-state index contributed by atoms with van der Waals surface area (Å²) in [7, 11) is 1.93. The van der Waals surface area contributed by atoms with Crippen molar-refractivity contribution in [3.8, 4) is 33.3 Å². The molecule has 6 aromatic rings. The number of phenolic OH excluding ortho intramolecular Hbond substituents is 1. The molecule has 456 valence electrons. The van der Waals surface area contributed by atoms with E-state index in [1.54, 1.807) is 28.4 Å². The van der Waals surface area contributed by atoms with Crippen LogP contribution in [0.25, 0.3) is 43.2 Å². The molecule has 5 atom stereocenters. The van der Waals surface area contributed by atoms with Crippen LogP contribution in [0.15, 0.2) is 84.9 Å². The number of β-amino-alcohol motifs (C(OH)–C–C–N with tert-alkyl or cyclic N) is 1. The molecular formula is C62H77ClFN9O11S. The number of amides is 4. The van der Waals surface area contributed by atoms with Crippen molar-refractivity contribution >= 4 is 74.1 Å². The number of aliphatic hydroxyl groups is 1. The Morgan fingerprint density at radius 1 is 0.906 bits per heavy atom. The van der Waals surface area contributed by atoms with Crippen molar-refractivity contribution in [1.82, 2.24) is 40.3 Å². The fraction of sp³-hybridized carbons (Fsp3) is 0.468. The van der Waals surface area contributed by atoms with Gasteiger partial charge in [-0.05, 0) is 85.0 Å². The number of aromatic hydroxyl groups is 1. The number of hydrogen-bond donors (Lipinski definition) is 4. The number of rotatable bonds is 27. The molecule has 0 spiro atoms. The fourth-order valence-electron chi connectivity index (χ4n) is 10.5. The monoisotopic (exact) mass is 1210 g/mol. The molecule has 8 rings (SSSR count). The third-order valence-electron chi connectivity index (χ3n) is 14.9. The van der Waals surface area contributed by atoms with Crippen LogP contribution < -0.4 is 20.3 Å². The summed E-state index contributed by atoms with van der Waals surface area (Å²) in [5.74, 6) is -1.84. The summed E-state index contributed by atoms with van der Waals surface area (Å²) in [6.07, 6.45) is 0.0278. The van der Waals surface area contributed by atoms with Crippen LogP contribution in [-0.2, 0) is 38.1 Å². The number of carbonyl (C=O) groups excluding carboxylic acids is 4. The second-order valence-corrected chi connectivity index (χ2v) is 23.7. The maximum absolute atomic E-state index is 17.1. The highest BCUT2D eigenvalue weighted by Crippen LogP contribution is 2.43. The minimum Gasteiger partial charge on any atom is -0.508 e. The lowest BCUT2D eigenvalue weighted by Gasteiger charge is -2.35. The van der Waals surface area contributed by atoms with Crippen molar-refractivity contribution in [1.29, 1.82) is 0 Å². The molecule has 2 aliphatic rings. The van der Waals surface area contributed by atoms with Gasteiger partial charge in [-0.2, -0.15) is 9.97 Å². The van der Waals surface area contributed by atoms with Gasteiger partial charge in [0.05, 0.1) is 79.5 Å². The number of likely N-dealkylation sites (tertiary alicyclic amines) is 1. The molecule has 0 aliphatic carbocycles. The Morgan fingerprint density at radius 3 is 2.24 bits per heavy atom. The van der Waals surface area contributed by atoms with Crippen LogP contribution in [-0.4, -0.2) is 194 Å². The number of hydrogen-bond acceptors (Lipinski definition) is 17. The zero-order chi connectivity index (χ0) is 61.0. The van der Waals surface area contributed by atoms with Crippen LogP contribution in [0.3, 0.4) is 0 Å². The molecule has 4 aromatic carbocycles. The predicted octanol–water partition coefficient (Wildman–Crippen LogP) is 7.35. The highest BCUT2D eigenvalue weighted by molar-refractivity contribution is 7.13. The van der Waals surface area contributed by atoms with Gasteiger partial charge < -0.3 is 64.1 Å². The first-order chi connectivity index (χ1) is 40.7. The number of aromatic nitrogens is 3. The van der Waals surface area contributed by atoms with Crippen molar-refractivity contribution < 1.29 is 57.5 Å². The minimum atomic E-state index is -0.997. The number of ether oxygens (including phenoxy) is 5. The smallest absolute Gasteiger partial charge is 0.319 e. The zero-order valence-corrected chi connectivity index (χ0v) is 50.8. The Morgan fingerprint density at radius 2 is 1.58 bits per heavy atom. The fourth-order valence-corrected chi connectivity index (χ4v) is 11.6. The number of nitrogens with one attached hydrogen (secondary N) is 2. The van der Waals surface area contributed by atoms with Crippen LogP contribution in [0.5, 0.6) is 11.8 Å². The van der Waals surface area contributed by atoms with Gasteiger partial charge in [0.15, 0.2) is 5.82 Å². The van der Waals surface area contributed by atoms with E-state index in [1.807, 2.05) is 112 Å². The second kappa shape index (κ2) is 29.5. The molecule has 0 unspecified atom stereocenters. The van der Waals surface area contributed by atoms with E-state index in [4.69, 9.17) is 40.3 Å². The molecule has 85 heavy (non-hydrogen) atoms. The standard InChI is InChI=1S/C62H77ClFN9O11S/c1-9-52(77)71-18-20-72(21-19-71)58-48-33-49(63)53(47-31-44(74)30-43-12-10-11-13-46(43)47)54(64)55(48)68-61(69-58)84-38(2)34-70(8)22-23-80-24-25-81-26-27-82-28-29-83-36-51(76)67-57(62(5,6)7)60(79)73-35-45(75)32-50(73)59(78)66-39(3)41-14-16-42(17-15-41)56-40(4)65-37-85-56/h9-17,30-31,33,37-39,45,50,57,74-75H,1,18-29,32,34-36H2,2-8H3,(H,66,78)(H,67,76)/t38-,39+,45-,50+,57-/m1/s1. The quantitative estimate of drug-likeness (QED) is 0.0292. The Bertz CT molecular complexity index is 3300. The molecule has 0 bridgehead atoms. The first-order valence-corrected chi connectivity index (χ1v) is 29.8. The lowest BCUT2D eigenvalue weighted by Crippen LogP contribution is -2.58. The van der Waals surface area contributed by atoms with E-state index in [0.29, 0.717) is 93.2 Å². The highest BCUT2D eigenvalue weighted by Gasteiger charge is 2.45. The molecule has 4 amide bonds. The molecular weight excluding hydrogens is 1130 g/mol. The van der Waals surface area contributed by atoms with E-state index in [2.05, 4.69) is 27.2 Å². The molecule has 2 saturated heterocycles. The number of carbonyl (C=O) groups is 4. The average molecular weight is 1210 g/mol. The van der Waals surface area contributed by atoms with Crippen molar-refractivity contribution in [2.75, 3.05) is 111 Å². The van der Waals surface area contributed by atoms with Crippen LogP contribution in [0.4, 0.5) is 10.2 Å². The van der Waals surface area contributed by atoms with Crippen LogP contribution in [0, 0.1) is 18.2 Å². The van der Waals surface area contributed by atoms with Gasteiger partial charge in [0.2, 0.25) is 23.6 Å². The van der Waals surface area contributed by atoms with Gasteiger partial charge in [0.1, 0.15) is 41.9 Å². The number of aryl methyl sites for hydroxylation is 1. The Kier molecular flexibility index (Phi) is 22.2. The lowest BCUT2D eigenvalue weighted by atomic mass is 9.85. The van der Waals surface area contributed by atoms with Gasteiger partial charge in [0.25, 0.3) is 0 Å². The maximum atomic E-state index is 17.1. The SMILES string of the molecule is C=CC(=O)N1CCN(c2nc(O[C@H](C)CN(C)CCOCCOCCOCCOCC(=O)N[C@H](C(=O)N3C[C@H](O)C[C@H]3C(=O)N[C@@H](C)c3ccc(-c4scnc4C)cc3)C(C)(C)C)nc3c(F)c(-c4cc(O)cc5ccccc45)c(Cl)cc23)CC1. The summed E-state index contributed by atoms with van der Waals surface area (Å²) in [6.45, 7) is 19.1. The molecule has 20 nitrogen and oxygen atoms in total. The number of phenols is 1. The number of likely N-dealkylation sites (N-methyl/N-ethyl adjacent to an activating group) is 1. The number of piperazine rings is 1. The van der Waals surface area contributed by atoms with Gasteiger partial charge in [-0.1, -0.05) is 87.5 Å². The minimum absolute atomic E-state index is 0.000465. The summed E-state index contributed by atoms with van der Waals surface area (Å²) >= 11 is 8.47. The number of aliphatic hydroxyl groups excluding tert-OH is 1. The highest BCUT2D eigenvalue weighted by atomic mass is 35.5. The molecule has 2 aliphatic heterocycles. The number of nitrogens with zero attached hydrogens (tertiary/aromatic N) is 7. The molecule has 2 fully saturated rings. The van der Waals surface area contributed by atoms with Crippen LogP contribution >= 0.6 is 22.9 Å². The summed E-state index contributed by atoms with van der Waals surface area (Å²) in [4.78, 5) is 75.1. The topological polar surface area (TPSA) is 231 Å². The Hall–Kier alpha value is -6.89. The van der Waals surface area contributed by atoms with Crippen molar-refractivity contribution in [3.63, 3.8) is 0 Å². The normalized spacial score (nSPS) is 16.7. The number of fused-ring (bicyclic) bond motifs is 2. The lowest BCUT2D eigenvalue weighted by molar-refractivity contribution is -0.144. The predicted molar refractivity (Wildman–Crippen MR) is 325 cm³/mol. The van der Waals surface area contributed by atoms with E-state index in [1.165, 1.54) is 17.0 Å². The molecule has 23 heteroatoms. The summed E-state index contributed by atoms with van der Waals surface area (Å²) in [5, 5.41) is 29.0. The average Bonchev–Trinajstić information content (AvgIpc) is 1.99. The Labute approximate surface area is 504 Å². The molecule has 0 saturated carbocycles.